The Kier molecular flexibility index (Phi) is 5.56. The molecule has 0 atom stereocenters. The lowest BCUT2D eigenvalue weighted by molar-refractivity contribution is 0.615. The largest absolute Gasteiger partial charge is 0.313 e. The molecule has 0 radical (unpaired) electrons. The van der Waals surface area contributed by atoms with Crippen molar-refractivity contribution >= 4 is 11.8 Å². The van der Waals surface area contributed by atoms with Gasteiger partial charge in [0.05, 0.1) is 0 Å². The molecule has 106 valence electrons. The lowest BCUT2D eigenvalue weighted by Crippen LogP contribution is -2.14. The van der Waals surface area contributed by atoms with Crippen molar-refractivity contribution in [2.45, 2.75) is 29.7 Å². The third kappa shape index (κ3) is 4.32. The molecule has 2 aromatic rings. The summed E-state index contributed by atoms with van der Waals surface area (Å²) in [6.07, 6.45) is 1.03. The van der Waals surface area contributed by atoms with Gasteiger partial charge in [0.2, 0.25) is 0 Å². The maximum Gasteiger partial charge on any atom is 0.124 e. The SMILES string of the molecule is CCCNCc1cc(F)ccc1Sc1cccc(F)c1. The summed E-state index contributed by atoms with van der Waals surface area (Å²) in [6, 6.07) is 11.1. The molecule has 0 bridgehead atoms. The molecule has 2 rings (SSSR count). The van der Waals surface area contributed by atoms with Gasteiger partial charge in [-0.15, -0.1) is 0 Å². The summed E-state index contributed by atoms with van der Waals surface area (Å²) in [6.45, 7) is 3.59. The van der Waals surface area contributed by atoms with E-state index in [2.05, 4.69) is 12.2 Å². The van der Waals surface area contributed by atoms with Crippen LogP contribution in [0.1, 0.15) is 18.9 Å². The van der Waals surface area contributed by atoms with Gasteiger partial charge in [-0.2, -0.15) is 0 Å². The Labute approximate surface area is 122 Å². The zero-order valence-corrected chi connectivity index (χ0v) is 12.1. The standard InChI is InChI=1S/C16H17F2NS/c1-2-8-19-11-12-9-14(18)6-7-16(12)20-15-5-3-4-13(17)10-15/h3-7,9-10,19H,2,8,11H2,1H3. The molecule has 2 aromatic carbocycles. The summed E-state index contributed by atoms with van der Waals surface area (Å²) in [5.41, 5.74) is 0.896. The molecular weight excluding hydrogens is 276 g/mol. The maximum atomic E-state index is 13.4. The highest BCUT2D eigenvalue weighted by atomic mass is 32.2. The summed E-state index contributed by atoms with van der Waals surface area (Å²) in [4.78, 5) is 1.76. The maximum absolute atomic E-state index is 13.4. The van der Waals surface area contributed by atoms with Crippen molar-refractivity contribution in [2.24, 2.45) is 0 Å². The van der Waals surface area contributed by atoms with Crippen molar-refractivity contribution in [1.29, 1.82) is 0 Å². The van der Waals surface area contributed by atoms with Crippen molar-refractivity contribution in [1.82, 2.24) is 5.32 Å². The third-order valence-electron chi connectivity index (χ3n) is 2.79. The minimum atomic E-state index is -0.261. The predicted molar refractivity (Wildman–Crippen MR) is 78.9 cm³/mol. The average Bonchev–Trinajstić information content (AvgIpc) is 2.42. The van der Waals surface area contributed by atoms with E-state index in [0.717, 1.165) is 28.3 Å². The third-order valence-corrected chi connectivity index (χ3v) is 3.90. The zero-order valence-electron chi connectivity index (χ0n) is 11.3. The molecule has 20 heavy (non-hydrogen) atoms. The highest BCUT2D eigenvalue weighted by Gasteiger charge is 2.06. The summed E-state index contributed by atoms with van der Waals surface area (Å²) in [5, 5.41) is 3.26. The molecule has 1 N–H and O–H groups in total. The Balaban J connectivity index is 2.17. The number of halogens is 2. The molecule has 0 saturated carbocycles. The Morgan fingerprint density at radius 2 is 1.85 bits per heavy atom. The van der Waals surface area contributed by atoms with Crippen molar-refractivity contribution < 1.29 is 8.78 Å². The summed E-state index contributed by atoms with van der Waals surface area (Å²) in [7, 11) is 0. The Morgan fingerprint density at radius 1 is 1.05 bits per heavy atom. The molecule has 0 fully saturated rings. The molecule has 0 unspecified atom stereocenters. The van der Waals surface area contributed by atoms with Crippen LogP contribution in [-0.2, 0) is 6.54 Å². The smallest absolute Gasteiger partial charge is 0.124 e. The van der Waals surface area contributed by atoms with Crippen LogP contribution >= 0.6 is 11.8 Å². The molecule has 0 saturated heterocycles. The number of nitrogens with one attached hydrogen (secondary N) is 1. The molecule has 0 heterocycles. The second-order valence-electron chi connectivity index (χ2n) is 4.49. The van der Waals surface area contributed by atoms with E-state index in [4.69, 9.17) is 0 Å². The first-order valence-corrected chi connectivity index (χ1v) is 7.43. The van der Waals surface area contributed by atoms with Gasteiger partial charge in [0.1, 0.15) is 11.6 Å². The Bertz CT molecular complexity index is 572. The fraction of sp³-hybridized carbons (Fsp3) is 0.250. The van der Waals surface area contributed by atoms with Gasteiger partial charge in [-0.25, -0.2) is 8.78 Å². The minimum Gasteiger partial charge on any atom is -0.313 e. The normalized spacial score (nSPS) is 10.8. The molecule has 1 nitrogen and oxygen atoms in total. The lowest BCUT2D eigenvalue weighted by atomic mass is 10.2. The van der Waals surface area contributed by atoms with E-state index in [1.54, 1.807) is 12.1 Å². The fourth-order valence-corrected chi connectivity index (χ4v) is 2.81. The van der Waals surface area contributed by atoms with Crippen molar-refractivity contribution in [3.63, 3.8) is 0 Å². The highest BCUT2D eigenvalue weighted by molar-refractivity contribution is 7.99. The summed E-state index contributed by atoms with van der Waals surface area (Å²) >= 11 is 1.45. The molecule has 0 aliphatic rings. The summed E-state index contributed by atoms with van der Waals surface area (Å²) in [5.74, 6) is -0.510. The molecule has 0 aliphatic carbocycles. The van der Waals surface area contributed by atoms with Gasteiger partial charge < -0.3 is 5.32 Å². The van der Waals surface area contributed by atoms with Crippen LogP contribution in [0.15, 0.2) is 52.3 Å². The van der Waals surface area contributed by atoms with Gasteiger partial charge in [-0.3, -0.25) is 0 Å². The van der Waals surface area contributed by atoms with Crippen LogP contribution in [0.4, 0.5) is 8.78 Å². The zero-order chi connectivity index (χ0) is 14.4. The van der Waals surface area contributed by atoms with Gasteiger partial charge in [-0.05, 0) is 54.9 Å². The molecule has 0 aromatic heterocycles. The van der Waals surface area contributed by atoms with Crippen LogP contribution in [0.25, 0.3) is 0 Å². The van der Waals surface area contributed by atoms with Crippen LogP contribution in [0.5, 0.6) is 0 Å². The van der Waals surface area contributed by atoms with Crippen LogP contribution in [0.3, 0.4) is 0 Å². The second kappa shape index (κ2) is 7.41. The molecular formula is C16H17F2NS. The number of rotatable bonds is 6. The summed E-state index contributed by atoms with van der Waals surface area (Å²) < 4.78 is 26.6. The van der Waals surface area contributed by atoms with Crippen molar-refractivity contribution in [3.05, 3.63) is 59.7 Å². The van der Waals surface area contributed by atoms with E-state index < -0.39 is 0 Å². The van der Waals surface area contributed by atoms with Crippen LogP contribution in [0.2, 0.25) is 0 Å². The monoisotopic (exact) mass is 293 g/mol. The van der Waals surface area contributed by atoms with Crippen molar-refractivity contribution in [3.8, 4) is 0 Å². The van der Waals surface area contributed by atoms with Gasteiger partial charge in [0.15, 0.2) is 0 Å². The van der Waals surface area contributed by atoms with Gasteiger partial charge in [0.25, 0.3) is 0 Å². The highest BCUT2D eigenvalue weighted by Crippen LogP contribution is 2.31. The van der Waals surface area contributed by atoms with E-state index in [9.17, 15) is 8.78 Å². The quantitative estimate of drug-likeness (QED) is 0.780. The minimum absolute atomic E-state index is 0.248. The fourth-order valence-electron chi connectivity index (χ4n) is 1.84. The number of hydrogen-bond acceptors (Lipinski definition) is 2. The van der Waals surface area contributed by atoms with Gasteiger partial charge in [0, 0.05) is 16.3 Å². The number of hydrogen-bond donors (Lipinski definition) is 1. The van der Waals surface area contributed by atoms with E-state index in [0.29, 0.717) is 6.54 Å². The Hall–Kier alpha value is -1.39. The molecule has 4 heteroatoms. The predicted octanol–water partition coefficient (Wildman–Crippen LogP) is 4.62. The molecule has 0 amide bonds. The van der Waals surface area contributed by atoms with Crippen LogP contribution < -0.4 is 5.32 Å². The van der Waals surface area contributed by atoms with Crippen LogP contribution in [0, 0.1) is 11.6 Å². The average molecular weight is 293 g/mol. The van der Waals surface area contributed by atoms with Crippen LogP contribution in [-0.4, -0.2) is 6.54 Å². The topological polar surface area (TPSA) is 12.0 Å². The number of benzene rings is 2. The first kappa shape index (κ1) is 15.0. The lowest BCUT2D eigenvalue weighted by Gasteiger charge is -2.10. The molecule has 0 aliphatic heterocycles. The second-order valence-corrected chi connectivity index (χ2v) is 5.60. The first-order chi connectivity index (χ1) is 9.69. The van der Waals surface area contributed by atoms with E-state index in [1.807, 2.05) is 6.07 Å². The van der Waals surface area contributed by atoms with Gasteiger partial charge in [-0.1, -0.05) is 24.8 Å². The first-order valence-electron chi connectivity index (χ1n) is 6.61. The molecule has 0 spiro atoms. The Morgan fingerprint density at radius 3 is 2.60 bits per heavy atom. The van der Waals surface area contributed by atoms with Crippen molar-refractivity contribution in [2.75, 3.05) is 6.54 Å². The van der Waals surface area contributed by atoms with E-state index >= 15 is 0 Å². The van der Waals surface area contributed by atoms with E-state index in [1.165, 1.54) is 36.0 Å². The van der Waals surface area contributed by atoms with Gasteiger partial charge >= 0.3 is 0 Å². The van der Waals surface area contributed by atoms with E-state index in [-0.39, 0.29) is 11.6 Å².